The van der Waals surface area contributed by atoms with Crippen LogP contribution in [0.4, 0.5) is 18.9 Å². The minimum atomic E-state index is -4.54. The van der Waals surface area contributed by atoms with Crippen molar-refractivity contribution in [1.29, 1.82) is 0 Å². The van der Waals surface area contributed by atoms with Gasteiger partial charge in [-0.25, -0.2) is 14.6 Å². The highest BCUT2D eigenvalue weighted by atomic mass is 19.4. The maximum absolute atomic E-state index is 13.1. The maximum Gasteiger partial charge on any atom is 0.433 e. The normalized spacial score (nSPS) is 11.7. The Bertz CT molecular complexity index is 1550. The third kappa shape index (κ3) is 4.23. The van der Waals surface area contributed by atoms with Crippen molar-refractivity contribution in [2.45, 2.75) is 13.1 Å². The van der Waals surface area contributed by atoms with Gasteiger partial charge in [-0.05, 0) is 37.3 Å². The number of aromatic nitrogens is 6. The summed E-state index contributed by atoms with van der Waals surface area (Å²) in [5.74, 6) is -0.0174. The standard InChI is InChI=1S/C24H18F3N7O/c1-14-11-20(32-33(14)2)23(35)31-18-6-4-3-5-16(18)15-12-29-34(13-15)22-17-7-8-21(24(25,26)27)30-19(17)9-10-28-22/h3-13H,1-2H3,(H,31,35). The lowest BCUT2D eigenvalue weighted by Gasteiger charge is -2.09. The van der Waals surface area contributed by atoms with Crippen LogP contribution in [0.3, 0.4) is 0 Å². The van der Waals surface area contributed by atoms with Crippen molar-refractivity contribution >= 4 is 22.5 Å². The first-order valence-electron chi connectivity index (χ1n) is 10.5. The highest BCUT2D eigenvalue weighted by molar-refractivity contribution is 6.05. The Morgan fingerprint density at radius 1 is 1.09 bits per heavy atom. The zero-order valence-corrected chi connectivity index (χ0v) is 18.6. The molecule has 4 heterocycles. The maximum atomic E-state index is 13.1. The first-order valence-corrected chi connectivity index (χ1v) is 10.5. The summed E-state index contributed by atoms with van der Waals surface area (Å²) in [7, 11) is 1.76. The van der Waals surface area contributed by atoms with Crippen molar-refractivity contribution in [2.24, 2.45) is 7.05 Å². The average Bonchev–Trinajstić information content (AvgIpc) is 3.45. The third-order valence-corrected chi connectivity index (χ3v) is 5.52. The van der Waals surface area contributed by atoms with E-state index in [1.807, 2.05) is 19.1 Å². The second kappa shape index (κ2) is 8.35. The minimum Gasteiger partial charge on any atom is -0.320 e. The zero-order valence-electron chi connectivity index (χ0n) is 18.6. The van der Waals surface area contributed by atoms with Crippen LogP contribution in [0, 0.1) is 6.92 Å². The molecule has 1 amide bonds. The molecule has 1 aromatic carbocycles. The lowest BCUT2D eigenvalue weighted by Crippen LogP contribution is -2.13. The van der Waals surface area contributed by atoms with Gasteiger partial charge in [0.05, 0.1) is 11.7 Å². The number of benzene rings is 1. The van der Waals surface area contributed by atoms with E-state index in [9.17, 15) is 18.0 Å². The molecule has 0 unspecified atom stereocenters. The molecule has 0 aliphatic rings. The summed E-state index contributed by atoms with van der Waals surface area (Å²) in [6, 6.07) is 12.6. The largest absolute Gasteiger partial charge is 0.433 e. The number of nitrogens with one attached hydrogen (secondary N) is 1. The number of carbonyl (C=O) groups is 1. The van der Waals surface area contributed by atoms with E-state index in [1.54, 1.807) is 42.3 Å². The number of hydrogen-bond acceptors (Lipinski definition) is 5. The predicted octanol–water partition coefficient (Wildman–Crippen LogP) is 4.80. The fourth-order valence-corrected chi connectivity index (χ4v) is 3.66. The van der Waals surface area contributed by atoms with Gasteiger partial charge in [0.1, 0.15) is 5.69 Å². The zero-order chi connectivity index (χ0) is 24.7. The lowest BCUT2D eigenvalue weighted by atomic mass is 10.1. The molecule has 5 aromatic rings. The number of fused-ring (bicyclic) bond motifs is 1. The summed E-state index contributed by atoms with van der Waals surface area (Å²) in [5.41, 5.74) is 2.26. The van der Waals surface area contributed by atoms with Gasteiger partial charge < -0.3 is 5.32 Å². The monoisotopic (exact) mass is 477 g/mol. The number of rotatable bonds is 4. The van der Waals surface area contributed by atoms with Gasteiger partial charge in [-0.2, -0.15) is 23.4 Å². The highest BCUT2D eigenvalue weighted by Gasteiger charge is 2.32. The molecule has 0 fully saturated rings. The number of amides is 1. The van der Waals surface area contributed by atoms with Crippen LogP contribution in [0.5, 0.6) is 0 Å². The van der Waals surface area contributed by atoms with E-state index in [0.29, 0.717) is 33.7 Å². The van der Waals surface area contributed by atoms with Crippen LogP contribution in [0.25, 0.3) is 27.8 Å². The Kier molecular flexibility index (Phi) is 5.31. The number of halogens is 3. The Morgan fingerprint density at radius 2 is 1.89 bits per heavy atom. The quantitative estimate of drug-likeness (QED) is 0.402. The van der Waals surface area contributed by atoms with Gasteiger partial charge in [0, 0.05) is 47.3 Å². The van der Waals surface area contributed by atoms with Crippen LogP contribution in [-0.2, 0) is 13.2 Å². The van der Waals surface area contributed by atoms with Crippen LogP contribution in [0.15, 0.2) is 67.1 Å². The molecular formula is C24H18F3N7O. The fraction of sp³-hybridized carbons (Fsp3) is 0.125. The Hall–Kier alpha value is -4.54. The molecule has 5 rings (SSSR count). The lowest BCUT2D eigenvalue weighted by molar-refractivity contribution is -0.140. The number of anilines is 1. The number of nitrogens with zero attached hydrogens (tertiary/aromatic N) is 6. The molecule has 4 aromatic heterocycles. The summed E-state index contributed by atoms with van der Waals surface area (Å²) in [5, 5.41) is 11.9. The Morgan fingerprint density at radius 3 is 2.63 bits per heavy atom. The number of alkyl halides is 3. The summed E-state index contributed by atoms with van der Waals surface area (Å²) < 4.78 is 42.3. The smallest absolute Gasteiger partial charge is 0.320 e. The highest BCUT2D eigenvalue weighted by Crippen LogP contribution is 2.31. The fourth-order valence-electron chi connectivity index (χ4n) is 3.66. The molecule has 35 heavy (non-hydrogen) atoms. The second-order valence-corrected chi connectivity index (χ2v) is 7.86. The van der Waals surface area contributed by atoms with Gasteiger partial charge in [0.25, 0.3) is 5.91 Å². The van der Waals surface area contributed by atoms with Crippen LogP contribution < -0.4 is 5.32 Å². The number of hydrogen-bond donors (Lipinski definition) is 1. The molecule has 0 atom stereocenters. The van der Waals surface area contributed by atoms with Gasteiger partial charge in [-0.15, -0.1) is 0 Å². The molecule has 1 N–H and O–H groups in total. The predicted molar refractivity (Wildman–Crippen MR) is 123 cm³/mol. The second-order valence-electron chi connectivity index (χ2n) is 7.86. The van der Waals surface area contributed by atoms with Crippen LogP contribution in [-0.4, -0.2) is 35.4 Å². The molecular weight excluding hydrogens is 459 g/mol. The van der Waals surface area contributed by atoms with Gasteiger partial charge >= 0.3 is 6.18 Å². The number of carbonyl (C=O) groups excluding carboxylic acids is 1. The van der Waals surface area contributed by atoms with Crippen molar-refractivity contribution in [3.05, 3.63) is 84.2 Å². The SMILES string of the molecule is Cc1cc(C(=O)Nc2ccccc2-c2cnn(-c3nccc4nc(C(F)(F)F)ccc34)c2)nn1C. The number of aryl methyl sites for hydroxylation is 2. The summed E-state index contributed by atoms with van der Waals surface area (Å²) in [6.07, 6.45) is 0.122. The van der Waals surface area contributed by atoms with Crippen LogP contribution in [0.2, 0.25) is 0 Å². The molecule has 176 valence electrons. The summed E-state index contributed by atoms with van der Waals surface area (Å²) in [6.45, 7) is 1.85. The molecule has 0 radical (unpaired) electrons. The van der Waals surface area contributed by atoms with Gasteiger partial charge in [-0.3, -0.25) is 9.48 Å². The topological polar surface area (TPSA) is 90.5 Å². The Labute approximate surface area is 197 Å². The van der Waals surface area contributed by atoms with Crippen molar-refractivity contribution in [1.82, 2.24) is 29.5 Å². The van der Waals surface area contributed by atoms with E-state index in [4.69, 9.17) is 0 Å². The molecule has 8 nitrogen and oxygen atoms in total. The van der Waals surface area contributed by atoms with E-state index in [1.165, 1.54) is 23.0 Å². The third-order valence-electron chi connectivity index (χ3n) is 5.52. The summed E-state index contributed by atoms with van der Waals surface area (Å²) in [4.78, 5) is 20.7. The minimum absolute atomic E-state index is 0.153. The number of pyridine rings is 2. The van der Waals surface area contributed by atoms with Gasteiger partial charge in [0.2, 0.25) is 0 Å². The first-order chi connectivity index (χ1) is 16.7. The van der Waals surface area contributed by atoms with Crippen molar-refractivity contribution in [2.75, 3.05) is 5.32 Å². The van der Waals surface area contributed by atoms with Crippen molar-refractivity contribution < 1.29 is 18.0 Å². The first kappa shape index (κ1) is 22.3. The van der Waals surface area contributed by atoms with Gasteiger partial charge in [0.15, 0.2) is 11.5 Å². The van der Waals surface area contributed by atoms with Crippen LogP contribution >= 0.6 is 0 Å². The molecule has 0 spiro atoms. The molecule has 11 heteroatoms. The molecule has 0 bridgehead atoms. The average molecular weight is 477 g/mol. The van der Waals surface area contributed by atoms with E-state index in [0.717, 1.165) is 11.8 Å². The van der Waals surface area contributed by atoms with E-state index < -0.39 is 11.9 Å². The molecule has 0 saturated heterocycles. The summed E-state index contributed by atoms with van der Waals surface area (Å²) >= 11 is 0. The van der Waals surface area contributed by atoms with E-state index >= 15 is 0 Å². The van der Waals surface area contributed by atoms with E-state index in [2.05, 4.69) is 25.5 Å². The molecule has 0 aliphatic carbocycles. The molecule has 0 aliphatic heterocycles. The van der Waals surface area contributed by atoms with Crippen molar-refractivity contribution in [3.63, 3.8) is 0 Å². The van der Waals surface area contributed by atoms with Gasteiger partial charge in [-0.1, -0.05) is 18.2 Å². The van der Waals surface area contributed by atoms with Crippen molar-refractivity contribution in [3.8, 4) is 16.9 Å². The Balaban J connectivity index is 1.49. The van der Waals surface area contributed by atoms with E-state index in [-0.39, 0.29) is 11.4 Å². The molecule has 0 saturated carbocycles. The van der Waals surface area contributed by atoms with Crippen LogP contribution in [0.1, 0.15) is 21.9 Å². The number of para-hydroxylation sites is 1.